The Bertz CT molecular complexity index is 1060. The number of nitrogens with zero attached hydrogens (tertiary/aromatic N) is 2. The Morgan fingerprint density at radius 1 is 0.741 bits per heavy atom. The standard InChI is InChI=1S/C23H18N2O2/c26-19(14-17-6-2-1-3-7-17)15-18-10-12-20(13-11-18)27-23-21-8-4-5-9-22(21)24-16-25-23/h1-13,16H,14-15H2. The van der Waals surface area contributed by atoms with Crippen LogP contribution in [0.5, 0.6) is 11.6 Å². The fraction of sp³-hybridized carbons (Fsp3) is 0.0870. The van der Waals surface area contributed by atoms with Crippen LogP contribution in [-0.2, 0) is 17.6 Å². The molecule has 0 radical (unpaired) electrons. The first-order valence-corrected chi connectivity index (χ1v) is 8.80. The van der Waals surface area contributed by atoms with Crippen LogP contribution < -0.4 is 4.74 Å². The van der Waals surface area contributed by atoms with E-state index < -0.39 is 0 Å². The molecule has 0 fully saturated rings. The number of Topliss-reactive ketones (excluding diaryl/α,β-unsaturated/α-hetero) is 1. The van der Waals surface area contributed by atoms with Gasteiger partial charge in [0.15, 0.2) is 0 Å². The highest BCUT2D eigenvalue weighted by molar-refractivity contribution is 5.84. The van der Waals surface area contributed by atoms with E-state index in [1.807, 2.05) is 78.9 Å². The lowest BCUT2D eigenvalue weighted by Gasteiger charge is -2.08. The first-order valence-electron chi connectivity index (χ1n) is 8.80. The predicted molar refractivity (Wildman–Crippen MR) is 105 cm³/mol. The highest BCUT2D eigenvalue weighted by Crippen LogP contribution is 2.26. The molecule has 0 amide bonds. The van der Waals surface area contributed by atoms with Crippen molar-refractivity contribution in [2.24, 2.45) is 0 Å². The van der Waals surface area contributed by atoms with Crippen LogP contribution in [0, 0.1) is 0 Å². The van der Waals surface area contributed by atoms with E-state index in [9.17, 15) is 4.79 Å². The molecule has 0 aliphatic rings. The maximum Gasteiger partial charge on any atom is 0.230 e. The zero-order valence-corrected chi connectivity index (χ0v) is 14.7. The molecule has 0 spiro atoms. The lowest BCUT2D eigenvalue weighted by molar-refractivity contribution is -0.117. The topological polar surface area (TPSA) is 52.1 Å². The molecule has 1 aromatic heterocycles. The number of ether oxygens (including phenoxy) is 1. The molecule has 4 heteroatoms. The Kier molecular flexibility index (Phi) is 4.88. The van der Waals surface area contributed by atoms with Gasteiger partial charge in [0.05, 0.1) is 10.9 Å². The van der Waals surface area contributed by atoms with Gasteiger partial charge in [0.1, 0.15) is 17.9 Å². The molecule has 0 bridgehead atoms. The number of benzene rings is 3. The Morgan fingerprint density at radius 2 is 1.41 bits per heavy atom. The molecule has 0 aliphatic carbocycles. The second kappa shape index (κ2) is 7.79. The van der Waals surface area contributed by atoms with Crippen LogP contribution >= 0.6 is 0 Å². The predicted octanol–water partition coefficient (Wildman–Crippen LogP) is 4.78. The van der Waals surface area contributed by atoms with Gasteiger partial charge in [0, 0.05) is 12.8 Å². The number of hydrogen-bond donors (Lipinski definition) is 0. The van der Waals surface area contributed by atoms with Gasteiger partial charge in [-0.15, -0.1) is 0 Å². The summed E-state index contributed by atoms with van der Waals surface area (Å²) in [5, 5.41) is 0.863. The summed E-state index contributed by atoms with van der Waals surface area (Å²) in [5.74, 6) is 1.39. The van der Waals surface area contributed by atoms with E-state index in [0.29, 0.717) is 24.5 Å². The van der Waals surface area contributed by atoms with Crippen LogP contribution in [0.1, 0.15) is 11.1 Å². The van der Waals surface area contributed by atoms with Crippen LogP contribution in [0.25, 0.3) is 10.9 Å². The van der Waals surface area contributed by atoms with Gasteiger partial charge in [0.2, 0.25) is 5.88 Å². The molecular weight excluding hydrogens is 336 g/mol. The van der Waals surface area contributed by atoms with Gasteiger partial charge >= 0.3 is 0 Å². The molecular formula is C23H18N2O2. The van der Waals surface area contributed by atoms with Crippen molar-refractivity contribution in [1.82, 2.24) is 9.97 Å². The molecule has 27 heavy (non-hydrogen) atoms. The summed E-state index contributed by atoms with van der Waals surface area (Å²) in [7, 11) is 0. The number of aromatic nitrogens is 2. The van der Waals surface area contributed by atoms with Crippen molar-refractivity contribution in [3.63, 3.8) is 0 Å². The van der Waals surface area contributed by atoms with Gasteiger partial charge in [0.25, 0.3) is 0 Å². The van der Waals surface area contributed by atoms with Crippen molar-refractivity contribution in [2.45, 2.75) is 12.8 Å². The Balaban J connectivity index is 1.43. The zero-order chi connectivity index (χ0) is 18.5. The van der Waals surface area contributed by atoms with Crippen molar-refractivity contribution < 1.29 is 9.53 Å². The Labute approximate surface area is 157 Å². The van der Waals surface area contributed by atoms with Crippen LogP contribution in [0.15, 0.2) is 85.2 Å². The number of para-hydroxylation sites is 1. The first kappa shape index (κ1) is 16.9. The van der Waals surface area contributed by atoms with Crippen molar-refractivity contribution in [3.05, 3.63) is 96.3 Å². The quantitative estimate of drug-likeness (QED) is 0.500. The largest absolute Gasteiger partial charge is 0.438 e. The van der Waals surface area contributed by atoms with Crippen molar-refractivity contribution in [2.75, 3.05) is 0 Å². The monoisotopic (exact) mass is 354 g/mol. The van der Waals surface area contributed by atoms with Gasteiger partial charge in [-0.25, -0.2) is 9.97 Å². The molecule has 4 aromatic rings. The summed E-state index contributed by atoms with van der Waals surface area (Å²) in [5.41, 5.74) is 2.85. The molecule has 0 N–H and O–H groups in total. The normalized spacial score (nSPS) is 10.7. The maximum atomic E-state index is 12.3. The minimum Gasteiger partial charge on any atom is -0.438 e. The fourth-order valence-corrected chi connectivity index (χ4v) is 2.96. The number of carbonyl (C=O) groups is 1. The highest BCUT2D eigenvalue weighted by atomic mass is 16.5. The highest BCUT2D eigenvalue weighted by Gasteiger charge is 2.08. The second-order valence-electron chi connectivity index (χ2n) is 6.32. The minimum absolute atomic E-state index is 0.191. The van der Waals surface area contributed by atoms with E-state index in [0.717, 1.165) is 22.0 Å². The molecule has 0 aliphatic heterocycles. The van der Waals surface area contributed by atoms with E-state index in [2.05, 4.69) is 9.97 Å². The third kappa shape index (κ3) is 4.18. The van der Waals surface area contributed by atoms with Crippen molar-refractivity contribution >= 4 is 16.7 Å². The molecule has 132 valence electrons. The van der Waals surface area contributed by atoms with E-state index in [1.165, 1.54) is 6.33 Å². The Morgan fingerprint density at radius 3 is 2.19 bits per heavy atom. The summed E-state index contributed by atoms with van der Waals surface area (Å²) in [6.07, 6.45) is 2.35. The van der Waals surface area contributed by atoms with E-state index in [-0.39, 0.29) is 5.78 Å². The number of rotatable bonds is 6. The number of fused-ring (bicyclic) bond motifs is 1. The minimum atomic E-state index is 0.191. The summed E-state index contributed by atoms with van der Waals surface area (Å²) in [6.45, 7) is 0. The fourth-order valence-electron chi connectivity index (χ4n) is 2.96. The first-order chi connectivity index (χ1) is 13.3. The second-order valence-corrected chi connectivity index (χ2v) is 6.32. The summed E-state index contributed by atoms with van der Waals surface area (Å²) in [6, 6.07) is 25.1. The molecule has 1 heterocycles. The third-order valence-electron chi connectivity index (χ3n) is 4.29. The zero-order valence-electron chi connectivity index (χ0n) is 14.7. The van der Waals surface area contributed by atoms with Crippen molar-refractivity contribution in [3.8, 4) is 11.6 Å². The molecule has 0 saturated carbocycles. The van der Waals surface area contributed by atoms with Crippen LogP contribution in [0.2, 0.25) is 0 Å². The van der Waals surface area contributed by atoms with Gasteiger partial charge in [-0.05, 0) is 35.4 Å². The summed E-state index contributed by atoms with van der Waals surface area (Å²) < 4.78 is 5.91. The molecule has 0 unspecified atom stereocenters. The molecule has 4 rings (SSSR count). The number of hydrogen-bond acceptors (Lipinski definition) is 4. The third-order valence-corrected chi connectivity index (χ3v) is 4.29. The van der Waals surface area contributed by atoms with Crippen LogP contribution in [-0.4, -0.2) is 15.8 Å². The van der Waals surface area contributed by atoms with Gasteiger partial charge in [-0.3, -0.25) is 4.79 Å². The van der Waals surface area contributed by atoms with Crippen LogP contribution in [0.4, 0.5) is 0 Å². The average molecular weight is 354 g/mol. The maximum absolute atomic E-state index is 12.3. The van der Waals surface area contributed by atoms with Gasteiger partial charge in [-0.1, -0.05) is 54.6 Å². The lowest BCUT2D eigenvalue weighted by Crippen LogP contribution is -2.06. The molecule has 4 nitrogen and oxygen atoms in total. The van der Waals surface area contributed by atoms with Crippen LogP contribution in [0.3, 0.4) is 0 Å². The van der Waals surface area contributed by atoms with Gasteiger partial charge in [-0.2, -0.15) is 0 Å². The molecule has 0 saturated heterocycles. The Hall–Kier alpha value is -3.53. The smallest absolute Gasteiger partial charge is 0.230 e. The lowest BCUT2D eigenvalue weighted by atomic mass is 10.0. The summed E-state index contributed by atoms with van der Waals surface area (Å²) in [4.78, 5) is 20.7. The SMILES string of the molecule is O=C(Cc1ccccc1)Cc1ccc(Oc2ncnc3ccccc23)cc1. The molecule has 3 aromatic carbocycles. The van der Waals surface area contributed by atoms with Gasteiger partial charge < -0.3 is 4.74 Å². The summed E-state index contributed by atoms with van der Waals surface area (Å²) >= 11 is 0. The average Bonchev–Trinajstić information content (AvgIpc) is 2.70. The number of carbonyl (C=O) groups excluding carboxylic acids is 1. The van der Waals surface area contributed by atoms with E-state index in [4.69, 9.17) is 4.74 Å². The van der Waals surface area contributed by atoms with E-state index >= 15 is 0 Å². The van der Waals surface area contributed by atoms with Crippen molar-refractivity contribution in [1.29, 1.82) is 0 Å². The number of ketones is 1. The van der Waals surface area contributed by atoms with E-state index in [1.54, 1.807) is 0 Å². The molecule has 0 atom stereocenters.